The molecule has 2 aromatic rings. The molecule has 184 valence electrons. The van der Waals surface area contributed by atoms with Crippen molar-refractivity contribution in [3.8, 4) is 5.75 Å². The number of nitrogens with one attached hydrogen (secondary N) is 1. The molecule has 0 radical (unpaired) electrons. The van der Waals surface area contributed by atoms with Crippen LogP contribution in [0.4, 0.5) is 5.69 Å². The molecule has 0 saturated carbocycles. The van der Waals surface area contributed by atoms with Crippen molar-refractivity contribution < 1.29 is 27.5 Å². The molecule has 1 N–H and O–H groups in total. The Kier molecular flexibility index (Phi) is 9.06. The zero-order chi connectivity index (χ0) is 25.5. The SMILES string of the molecule is Cc1cc(Cl)ccc1N(CC(=O)N/N=C\c1ccc(OCC(=O)OC(C)(C)C)cc1)S(C)(=O)=O. The Balaban J connectivity index is 1.94. The maximum absolute atomic E-state index is 12.3. The van der Waals surface area contributed by atoms with Gasteiger partial charge < -0.3 is 9.47 Å². The number of anilines is 1. The van der Waals surface area contributed by atoms with Crippen molar-refractivity contribution in [2.24, 2.45) is 5.10 Å². The van der Waals surface area contributed by atoms with Gasteiger partial charge in [-0.25, -0.2) is 18.6 Å². The summed E-state index contributed by atoms with van der Waals surface area (Å²) in [6.07, 6.45) is 2.41. The molecule has 0 aliphatic heterocycles. The van der Waals surface area contributed by atoms with E-state index < -0.39 is 34.0 Å². The quantitative estimate of drug-likeness (QED) is 0.315. The van der Waals surface area contributed by atoms with E-state index in [1.54, 1.807) is 70.2 Å². The fourth-order valence-electron chi connectivity index (χ4n) is 2.79. The summed E-state index contributed by atoms with van der Waals surface area (Å²) < 4.78 is 36.0. The number of nitrogens with zero attached hydrogens (tertiary/aromatic N) is 2. The number of carbonyl (C=O) groups excluding carboxylic acids is 2. The molecule has 0 bridgehead atoms. The first-order chi connectivity index (χ1) is 15.7. The summed E-state index contributed by atoms with van der Waals surface area (Å²) in [5.41, 5.74) is 3.35. The standard InChI is InChI=1S/C23H28ClN3O6S/c1-16-12-18(24)8-11-20(16)27(34(5,30)31)14-21(28)26-25-13-17-6-9-19(10-7-17)32-15-22(29)33-23(2,3)4/h6-13H,14-15H2,1-5H3,(H,26,28)/b25-13-. The number of hydrogen-bond acceptors (Lipinski definition) is 7. The number of halogens is 1. The molecule has 2 aromatic carbocycles. The van der Waals surface area contributed by atoms with Crippen molar-refractivity contribution in [2.75, 3.05) is 23.7 Å². The smallest absolute Gasteiger partial charge is 0.344 e. The molecule has 0 aliphatic carbocycles. The van der Waals surface area contributed by atoms with Gasteiger partial charge in [0.05, 0.1) is 18.2 Å². The lowest BCUT2D eigenvalue weighted by Crippen LogP contribution is -2.39. The molecule has 34 heavy (non-hydrogen) atoms. The third-order valence-electron chi connectivity index (χ3n) is 4.17. The number of carbonyl (C=O) groups is 2. The van der Waals surface area contributed by atoms with E-state index in [2.05, 4.69) is 10.5 Å². The van der Waals surface area contributed by atoms with E-state index in [1.165, 1.54) is 6.21 Å². The van der Waals surface area contributed by atoms with E-state index in [4.69, 9.17) is 21.1 Å². The van der Waals surface area contributed by atoms with E-state index in [9.17, 15) is 18.0 Å². The van der Waals surface area contributed by atoms with Gasteiger partial charge in [-0.15, -0.1) is 0 Å². The number of hydrogen-bond donors (Lipinski definition) is 1. The Morgan fingerprint density at radius 1 is 1.15 bits per heavy atom. The Hall–Kier alpha value is -3.11. The number of benzene rings is 2. The highest BCUT2D eigenvalue weighted by atomic mass is 35.5. The minimum absolute atomic E-state index is 0.218. The Bertz CT molecular complexity index is 1160. The van der Waals surface area contributed by atoms with Crippen molar-refractivity contribution in [2.45, 2.75) is 33.3 Å². The van der Waals surface area contributed by atoms with Crippen LogP contribution in [-0.2, 0) is 24.3 Å². The second kappa shape index (κ2) is 11.3. The van der Waals surface area contributed by atoms with Crippen LogP contribution in [0.2, 0.25) is 5.02 Å². The second-order valence-corrected chi connectivity index (χ2v) is 10.8. The van der Waals surface area contributed by atoms with Crippen molar-refractivity contribution in [3.05, 3.63) is 58.6 Å². The highest BCUT2D eigenvalue weighted by Gasteiger charge is 2.22. The monoisotopic (exact) mass is 509 g/mol. The average molecular weight is 510 g/mol. The summed E-state index contributed by atoms with van der Waals surface area (Å²) in [6, 6.07) is 11.4. The largest absolute Gasteiger partial charge is 0.482 e. The molecule has 0 atom stereocenters. The van der Waals surface area contributed by atoms with Crippen molar-refractivity contribution in [3.63, 3.8) is 0 Å². The summed E-state index contributed by atoms with van der Waals surface area (Å²) in [5, 5.41) is 4.33. The van der Waals surface area contributed by atoms with Crippen molar-refractivity contribution in [1.29, 1.82) is 0 Å². The van der Waals surface area contributed by atoms with Gasteiger partial charge in [0.15, 0.2) is 6.61 Å². The third-order valence-corrected chi connectivity index (χ3v) is 5.54. The summed E-state index contributed by atoms with van der Waals surface area (Å²) in [4.78, 5) is 24.0. The number of hydrazone groups is 1. The number of amides is 1. The maximum atomic E-state index is 12.3. The Morgan fingerprint density at radius 3 is 2.35 bits per heavy atom. The minimum atomic E-state index is -3.72. The second-order valence-electron chi connectivity index (χ2n) is 8.44. The van der Waals surface area contributed by atoms with Crippen LogP contribution in [0.3, 0.4) is 0 Å². The van der Waals surface area contributed by atoms with Gasteiger partial charge in [0.25, 0.3) is 5.91 Å². The van der Waals surface area contributed by atoms with Crippen LogP contribution in [0.1, 0.15) is 31.9 Å². The van der Waals surface area contributed by atoms with Crippen LogP contribution in [0, 0.1) is 6.92 Å². The molecule has 0 unspecified atom stereocenters. The highest BCUT2D eigenvalue weighted by Crippen LogP contribution is 2.25. The lowest BCUT2D eigenvalue weighted by molar-refractivity contribution is -0.157. The van der Waals surface area contributed by atoms with Gasteiger partial charge in [-0.2, -0.15) is 5.10 Å². The number of esters is 1. The average Bonchev–Trinajstić information content (AvgIpc) is 2.70. The number of ether oxygens (including phenoxy) is 2. The molecular weight excluding hydrogens is 482 g/mol. The predicted molar refractivity (Wildman–Crippen MR) is 132 cm³/mol. The fourth-order valence-corrected chi connectivity index (χ4v) is 3.93. The number of aryl methyl sites for hydroxylation is 1. The summed E-state index contributed by atoms with van der Waals surface area (Å²) in [7, 11) is -3.72. The fraction of sp³-hybridized carbons (Fsp3) is 0.348. The van der Waals surface area contributed by atoms with E-state index >= 15 is 0 Å². The first-order valence-electron chi connectivity index (χ1n) is 10.2. The van der Waals surface area contributed by atoms with E-state index in [0.29, 0.717) is 27.6 Å². The van der Waals surface area contributed by atoms with Gasteiger partial charge >= 0.3 is 5.97 Å². The normalized spacial score (nSPS) is 11.8. The van der Waals surface area contributed by atoms with Crippen molar-refractivity contribution in [1.82, 2.24) is 5.43 Å². The van der Waals surface area contributed by atoms with Gasteiger partial charge in [0.2, 0.25) is 10.0 Å². The van der Waals surface area contributed by atoms with Gasteiger partial charge in [-0.3, -0.25) is 9.10 Å². The van der Waals surface area contributed by atoms with Crippen LogP contribution >= 0.6 is 11.6 Å². The molecule has 0 aliphatic rings. The third kappa shape index (κ3) is 9.03. The Morgan fingerprint density at radius 2 is 1.79 bits per heavy atom. The summed E-state index contributed by atoms with van der Waals surface area (Å²) in [5.74, 6) is -0.625. The summed E-state index contributed by atoms with van der Waals surface area (Å²) >= 11 is 5.94. The minimum Gasteiger partial charge on any atom is -0.482 e. The number of rotatable bonds is 9. The molecule has 11 heteroatoms. The van der Waals surface area contributed by atoms with Gasteiger partial charge in [-0.1, -0.05) is 11.6 Å². The lowest BCUT2D eigenvalue weighted by Gasteiger charge is -2.23. The van der Waals surface area contributed by atoms with Gasteiger partial charge in [0.1, 0.15) is 17.9 Å². The predicted octanol–water partition coefficient (Wildman–Crippen LogP) is 3.29. The molecule has 9 nitrogen and oxygen atoms in total. The molecule has 0 fully saturated rings. The molecule has 2 rings (SSSR count). The lowest BCUT2D eigenvalue weighted by atomic mass is 10.2. The van der Waals surface area contributed by atoms with Crippen LogP contribution in [0.25, 0.3) is 0 Å². The molecule has 0 heterocycles. The molecule has 0 saturated heterocycles. The van der Waals surface area contributed by atoms with Gasteiger partial charge in [-0.05, 0) is 81.3 Å². The number of sulfonamides is 1. The van der Waals surface area contributed by atoms with E-state index in [1.807, 2.05) is 0 Å². The highest BCUT2D eigenvalue weighted by molar-refractivity contribution is 7.92. The summed E-state index contributed by atoms with van der Waals surface area (Å²) in [6.45, 7) is 6.36. The topological polar surface area (TPSA) is 114 Å². The van der Waals surface area contributed by atoms with Crippen LogP contribution < -0.4 is 14.5 Å². The maximum Gasteiger partial charge on any atom is 0.344 e. The molecule has 0 aromatic heterocycles. The molecule has 1 amide bonds. The Labute approximate surface area is 204 Å². The van der Waals surface area contributed by atoms with Gasteiger partial charge in [0, 0.05) is 5.02 Å². The zero-order valence-corrected chi connectivity index (χ0v) is 21.2. The molecular formula is C23H28ClN3O6S. The van der Waals surface area contributed by atoms with Crippen LogP contribution in [0.5, 0.6) is 5.75 Å². The van der Waals surface area contributed by atoms with E-state index in [-0.39, 0.29) is 6.61 Å². The first kappa shape index (κ1) is 27.1. The first-order valence-corrected chi connectivity index (χ1v) is 12.5. The van der Waals surface area contributed by atoms with Crippen LogP contribution in [-0.4, -0.2) is 51.5 Å². The van der Waals surface area contributed by atoms with Crippen LogP contribution in [0.15, 0.2) is 47.6 Å². The zero-order valence-electron chi connectivity index (χ0n) is 19.7. The van der Waals surface area contributed by atoms with Crippen molar-refractivity contribution >= 4 is 45.4 Å². The molecule has 0 spiro atoms. The van der Waals surface area contributed by atoms with E-state index in [0.717, 1.165) is 10.6 Å².